The van der Waals surface area contributed by atoms with Crippen molar-refractivity contribution in [3.63, 3.8) is 0 Å². The van der Waals surface area contributed by atoms with Crippen molar-refractivity contribution in [2.45, 2.75) is 13.3 Å². The van der Waals surface area contributed by atoms with E-state index in [0.717, 1.165) is 11.1 Å². The van der Waals surface area contributed by atoms with Gasteiger partial charge in [0.15, 0.2) is 0 Å². The van der Waals surface area contributed by atoms with E-state index in [1.807, 2.05) is 25.1 Å². The lowest BCUT2D eigenvalue weighted by molar-refractivity contribution is 0.0940. The third kappa shape index (κ3) is 4.55. The Morgan fingerprint density at radius 2 is 2.05 bits per heavy atom. The topological polar surface area (TPSA) is 62.2 Å². The van der Waals surface area contributed by atoms with E-state index >= 15 is 0 Å². The van der Waals surface area contributed by atoms with Crippen LogP contribution in [0.15, 0.2) is 42.7 Å². The van der Waals surface area contributed by atoms with Gasteiger partial charge >= 0.3 is 0 Å². The molecule has 1 aromatic heterocycles. The zero-order chi connectivity index (χ0) is 15.9. The van der Waals surface area contributed by atoms with Crippen molar-refractivity contribution in [3.05, 3.63) is 64.4 Å². The molecule has 0 aliphatic heterocycles. The highest BCUT2D eigenvalue weighted by Gasteiger charge is 2.14. The van der Waals surface area contributed by atoms with Gasteiger partial charge in [-0.3, -0.25) is 9.78 Å². The molecule has 1 atom stereocenters. The number of carbonyl (C=O) groups is 1. The lowest BCUT2D eigenvalue weighted by Crippen LogP contribution is -2.32. The first-order valence-corrected chi connectivity index (χ1v) is 7.52. The average molecular weight is 319 g/mol. The standard InChI is InChI=1S/C17H19ClN2O2/c1-12-2-3-15(16(18)8-12)17(22)20-10-14(11-21)9-13-4-6-19-7-5-13/h2-8,14,21H,9-11H2,1H3,(H,20,22)/t14-/m1/s1. The molecule has 0 spiro atoms. The number of carbonyl (C=O) groups excluding carboxylic acids is 1. The molecule has 0 radical (unpaired) electrons. The van der Waals surface area contributed by atoms with Gasteiger partial charge in [0.1, 0.15) is 0 Å². The number of pyridine rings is 1. The SMILES string of the molecule is Cc1ccc(C(=O)NC[C@H](CO)Cc2ccncc2)c(Cl)c1. The van der Waals surface area contributed by atoms with E-state index in [1.54, 1.807) is 24.5 Å². The first kappa shape index (κ1) is 16.5. The third-order valence-electron chi connectivity index (χ3n) is 3.45. The normalized spacial score (nSPS) is 12.0. The lowest BCUT2D eigenvalue weighted by atomic mass is 10.0. The molecule has 5 heteroatoms. The second-order valence-corrected chi connectivity index (χ2v) is 5.71. The van der Waals surface area contributed by atoms with Gasteiger partial charge in [-0.15, -0.1) is 0 Å². The fourth-order valence-electron chi connectivity index (χ4n) is 2.19. The summed E-state index contributed by atoms with van der Waals surface area (Å²) in [6, 6.07) is 9.13. The Hall–Kier alpha value is -1.91. The molecule has 2 rings (SSSR count). The highest BCUT2D eigenvalue weighted by atomic mass is 35.5. The van der Waals surface area contributed by atoms with E-state index in [9.17, 15) is 9.90 Å². The molecule has 1 aromatic carbocycles. The molecular formula is C17H19ClN2O2. The number of hydrogen-bond donors (Lipinski definition) is 2. The van der Waals surface area contributed by atoms with Gasteiger partial charge in [0.25, 0.3) is 5.91 Å². The van der Waals surface area contributed by atoms with Crippen molar-refractivity contribution in [3.8, 4) is 0 Å². The van der Waals surface area contributed by atoms with Gasteiger partial charge in [0.2, 0.25) is 0 Å². The number of halogens is 1. The molecule has 116 valence electrons. The van der Waals surface area contributed by atoms with Crippen molar-refractivity contribution >= 4 is 17.5 Å². The average Bonchev–Trinajstić information content (AvgIpc) is 2.52. The number of aliphatic hydroxyl groups is 1. The molecule has 2 N–H and O–H groups in total. The first-order chi connectivity index (χ1) is 10.6. The lowest BCUT2D eigenvalue weighted by Gasteiger charge is -2.15. The Kier molecular flexibility index (Phi) is 5.92. The summed E-state index contributed by atoms with van der Waals surface area (Å²) in [5.41, 5.74) is 2.54. The van der Waals surface area contributed by atoms with Gasteiger partial charge in [-0.25, -0.2) is 0 Å². The highest BCUT2D eigenvalue weighted by molar-refractivity contribution is 6.33. The minimum Gasteiger partial charge on any atom is -0.396 e. The first-order valence-electron chi connectivity index (χ1n) is 7.14. The van der Waals surface area contributed by atoms with Crippen molar-refractivity contribution in [1.29, 1.82) is 0 Å². The van der Waals surface area contributed by atoms with Crippen LogP contribution in [0.3, 0.4) is 0 Å². The predicted molar refractivity (Wildman–Crippen MR) is 87.0 cm³/mol. The number of hydrogen-bond acceptors (Lipinski definition) is 3. The van der Waals surface area contributed by atoms with E-state index in [0.29, 0.717) is 23.6 Å². The molecule has 22 heavy (non-hydrogen) atoms. The number of rotatable bonds is 6. The molecule has 0 unspecified atom stereocenters. The van der Waals surface area contributed by atoms with Crippen LogP contribution in [0, 0.1) is 12.8 Å². The van der Waals surface area contributed by atoms with Crippen LogP contribution in [0.1, 0.15) is 21.5 Å². The third-order valence-corrected chi connectivity index (χ3v) is 3.77. The van der Waals surface area contributed by atoms with Crippen LogP contribution in [-0.2, 0) is 6.42 Å². The molecule has 0 bridgehead atoms. The smallest absolute Gasteiger partial charge is 0.252 e. The van der Waals surface area contributed by atoms with Crippen LogP contribution in [0.4, 0.5) is 0 Å². The maximum atomic E-state index is 12.2. The molecule has 1 heterocycles. The minimum absolute atomic E-state index is 0.00420. The van der Waals surface area contributed by atoms with Gasteiger partial charge in [0, 0.05) is 31.5 Å². The van der Waals surface area contributed by atoms with Crippen molar-refractivity contribution in [1.82, 2.24) is 10.3 Å². The van der Waals surface area contributed by atoms with Gasteiger partial charge in [0.05, 0.1) is 10.6 Å². The summed E-state index contributed by atoms with van der Waals surface area (Å²) < 4.78 is 0. The molecule has 0 aliphatic carbocycles. The van der Waals surface area contributed by atoms with E-state index < -0.39 is 0 Å². The Morgan fingerprint density at radius 3 is 2.68 bits per heavy atom. The minimum atomic E-state index is -0.224. The van der Waals surface area contributed by atoms with E-state index in [-0.39, 0.29) is 18.4 Å². The van der Waals surface area contributed by atoms with E-state index in [4.69, 9.17) is 11.6 Å². The van der Waals surface area contributed by atoms with Crippen molar-refractivity contribution in [2.75, 3.05) is 13.2 Å². The van der Waals surface area contributed by atoms with Crippen LogP contribution in [0.2, 0.25) is 5.02 Å². The van der Waals surface area contributed by atoms with Crippen molar-refractivity contribution < 1.29 is 9.90 Å². The van der Waals surface area contributed by atoms with Gasteiger partial charge in [-0.05, 0) is 48.7 Å². The zero-order valence-electron chi connectivity index (χ0n) is 12.4. The number of nitrogens with zero attached hydrogens (tertiary/aromatic N) is 1. The van der Waals surface area contributed by atoms with E-state index in [1.165, 1.54) is 0 Å². The maximum Gasteiger partial charge on any atom is 0.252 e. The Bertz CT molecular complexity index is 632. The fourth-order valence-corrected chi connectivity index (χ4v) is 2.51. The number of aromatic nitrogens is 1. The number of nitrogens with one attached hydrogen (secondary N) is 1. The number of aryl methyl sites for hydroxylation is 1. The van der Waals surface area contributed by atoms with Crippen LogP contribution in [-0.4, -0.2) is 29.1 Å². The van der Waals surface area contributed by atoms with Crippen LogP contribution >= 0.6 is 11.6 Å². The zero-order valence-corrected chi connectivity index (χ0v) is 13.2. The van der Waals surface area contributed by atoms with Gasteiger partial charge in [-0.2, -0.15) is 0 Å². The quantitative estimate of drug-likeness (QED) is 0.860. The summed E-state index contributed by atoms with van der Waals surface area (Å²) >= 11 is 6.09. The Labute approximate surface area is 135 Å². The summed E-state index contributed by atoms with van der Waals surface area (Å²) in [5.74, 6) is -0.270. The van der Waals surface area contributed by atoms with Crippen molar-refractivity contribution in [2.24, 2.45) is 5.92 Å². The predicted octanol–water partition coefficient (Wildman–Crippen LogP) is 2.62. The molecule has 4 nitrogen and oxygen atoms in total. The fraction of sp³-hybridized carbons (Fsp3) is 0.294. The maximum absolute atomic E-state index is 12.2. The van der Waals surface area contributed by atoms with Crippen LogP contribution in [0.25, 0.3) is 0 Å². The summed E-state index contributed by atoms with van der Waals surface area (Å²) in [7, 11) is 0. The molecule has 1 amide bonds. The second-order valence-electron chi connectivity index (χ2n) is 5.30. The van der Waals surface area contributed by atoms with Gasteiger partial charge in [-0.1, -0.05) is 17.7 Å². The van der Waals surface area contributed by atoms with E-state index in [2.05, 4.69) is 10.3 Å². The highest BCUT2D eigenvalue weighted by Crippen LogP contribution is 2.17. The molecule has 0 saturated heterocycles. The number of benzene rings is 1. The second kappa shape index (κ2) is 7.92. The molecular weight excluding hydrogens is 300 g/mol. The largest absolute Gasteiger partial charge is 0.396 e. The Balaban J connectivity index is 1.94. The van der Waals surface area contributed by atoms with Gasteiger partial charge < -0.3 is 10.4 Å². The molecule has 0 fully saturated rings. The Morgan fingerprint density at radius 1 is 1.32 bits per heavy atom. The van der Waals surface area contributed by atoms with Crippen LogP contribution in [0.5, 0.6) is 0 Å². The monoisotopic (exact) mass is 318 g/mol. The summed E-state index contributed by atoms with van der Waals surface area (Å²) in [4.78, 5) is 16.1. The number of amides is 1. The summed E-state index contributed by atoms with van der Waals surface area (Å²) in [6.07, 6.45) is 4.11. The molecule has 2 aromatic rings. The molecule has 0 aliphatic rings. The van der Waals surface area contributed by atoms with Crippen LogP contribution < -0.4 is 5.32 Å². The summed E-state index contributed by atoms with van der Waals surface area (Å²) in [6.45, 7) is 2.32. The number of aliphatic hydroxyl groups excluding tert-OH is 1. The molecule has 0 saturated carbocycles. The summed E-state index contributed by atoms with van der Waals surface area (Å²) in [5, 5.41) is 12.7.